The maximum Gasteiger partial charge on any atom is 0.249 e. The first kappa shape index (κ1) is 19.0. The number of aliphatic hydroxyl groups is 2. The minimum Gasteiger partial charge on any atom is -0.457 e. The van der Waals surface area contributed by atoms with Crippen molar-refractivity contribution in [1.82, 2.24) is 4.98 Å². The van der Waals surface area contributed by atoms with Crippen LogP contribution in [0, 0.1) is 11.3 Å². The number of hydrogen-bond donors (Lipinski definition) is 3. The van der Waals surface area contributed by atoms with Gasteiger partial charge in [-0.25, -0.2) is 4.98 Å². The van der Waals surface area contributed by atoms with Gasteiger partial charge in [0, 0.05) is 5.56 Å². The van der Waals surface area contributed by atoms with Crippen molar-refractivity contribution in [2.75, 3.05) is 0 Å². The van der Waals surface area contributed by atoms with Crippen LogP contribution in [0.2, 0.25) is 0 Å². The largest absolute Gasteiger partial charge is 0.457 e. The molecular formula is C21H17N3O4. The van der Waals surface area contributed by atoms with Gasteiger partial charge in [0.15, 0.2) is 6.10 Å². The van der Waals surface area contributed by atoms with Crippen molar-refractivity contribution in [2.24, 2.45) is 5.73 Å². The third-order valence-corrected chi connectivity index (χ3v) is 4.03. The molecule has 3 rings (SSSR count). The molecule has 4 N–H and O–H groups in total. The van der Waals surface area contributed by atoms with Crippen molar-refractivity contribution >= 4 is 5.91 Å². The van der Waals surface area contributed by atoms with E-state index in [0.717, 1.165) is 5.56 Å². The second-order valence-corrected chi connectivity index (χ2v) is 6.00. The summed E-state index contributed by atoms with van der Waals surface area (Å²) >= 11 is 0. The number of ether oxygens (including phenoxy) is 1. The first-order chi connectivity index (χ1) is 13.5. The fourth-order valence-electron chi connectivity index (χ4n) is 2.52. The molecule has 0 bridgehead atoms. The number of primary amides is 1. The summed E-state index contributed by atoms with van der Waals surface area (Å²) in [4.78, 5) is 15.3. The topological polar surface area (TPSA) is 129 Å². The van der Waals surface area contributed by atoms with Crippen LogP contribution in [0.15, 0.2) is 66.7 Å². The van der Waals surface area contributed by atoms with Crippen LogP contribution in [0.5, 0.6) is 11.5 Å². The zero-order valence-corrected chi connectivity index (χ0v) is 14.7. The van der Waals surface area contributed by atoms with E-state index in [9.17, 15) is 15.0 Å². The lowest BCUT2D eigenvalue weighted by molar-refractivity contribution is -0.132. The molecule has 28 heavy (non-hydrogen) atoms. The fourth-order valence-corrected chi connectivity index (χ4v) is 2.52. The minimum atomic E-state index is -1.73. The van der Waals surface area contributed by atoms with Gasteiger partial charge in [-0.05, 0) is 60.7 Å². The van der Waals surface area contributed by atoms with Gasteiger partial charge in [0.1, 0.15) is 17.6 Å². The first-order valence-electron chi connectivity index (χ1n) is 8.39. The van der Waals surface area contributed by atoms with E-state index >= 15 is 0 Å². The highest BCUT2D eigenvalue weighted by Gasteiger charge is 2.24. The Bertz CT molecular complexity index is 1010. The number of benzene rings is 2. The zero-order chi connectivity index (χ0) is 20.1. The average Bonchev–Trinajstić information content (AvgIpc) is 2.73. The Labute approximate surface area is 161 Å². The number of carbonyl (C=O) groups is 1. The molecule has 1 amide bonds. The van der Waals surface area contributed by atoms with Gasteiger partial charge in [-0.3, -0.25) is 4.79 Å². The molecule has 1 heterocycles. The van der Waals surface area contributed by atoms with E-state index in [1.807, 2.05) is 6.07 Å². The van der Waals surface area contributed by atoms with Gasteiger partial charge in [-0.1, -0.05) is 6.07 Å². The number of nitrogens with zero attached hydrogens (tertiary/aromatic N) is 2. The first-order valence-corrected chi connectivity index (χ1v) is 8.39. The molecule has 0 aliphatic rings. The highest BCUT2D eigenvalue weighted by molar-refractivity contribution is 5.79. The molecule has 0 saturated carbocycles. The lowest BCUT2D eigenvalue weighted by Gasteiger charge is -2.15. The van der Waals surface area contributed by atoms with Crippen molar-refractivity contribution in [1.29, 1.82) is 5.26 Å². The van der Waals surface area contributed by atoms with E-state index < -0.39 is 18.1 Å². The molecule has 0 saturated heterocycles. The number of pyridine rings is 1. The summed E-state index contributed by atoms with van der Waals surface area (Å²) in [6.45, 7) is 0. The number of carbonyl (C=O) groups excluding carboxylic acids is 1. The number of hydrogen-bond acceptors (Lipinski definition) is 6. The summed E-state index contributed by atoms with van der Waals surface area (Å²) < 4.78 is 5.73. The van der Waals surface area contributed by atoms with E-state index in [4.69, 9.17) is 15.7 Å². The van der Waals surface area contributed by atoms with Gasteiger partial charge in [-0.15, -0.1) is 0 Å². The maximum absolute atomic E-state index is 11.0. The summed E-state index contributed by atoms with van der Waals surface area (Å²) in [7, 11) is 0. The Morgan fingerprint density at radius 1 is 1.00 bits per heavy atom. The lowest BCUT2D eigenvalue weighted by Crippen LogP contribution is -2.34. The number of aromatic nitrogens is 1. The number of nitriles is 1. The molecule has 0 fully saturated rings. The molecule has 3 aromatic rings. The molecular weight excluding hydrogens is 358 g/mol. The summed E-state index contributed by atoms with van der Waals surface area (Å²) in [6, 6.07) is 20.8. The van der Waals surface area contributed by atoms with Crippen LogP contribution in [-0.4, -0.2) is 27.2 Å². The molecule has 0 radical (unpaired) electrons. The maximum atomic E-state index is 11.0. The highest BCUT2D eigenvalue weighted by atomic mass is 16.5. The van der Waals surface area contributed by atoms with Crippen molar-refractivity contribution in [3.05, 3.63) is 78.0 Å². The van der Waals surface area contributed by atoms with E-state index in [1.54, 1.807) is 60.7 Å². The second kappa shape index (κ2) is 8.31. The highest BCUT2D eigenvalue weighted by Crippen LogP contribution is 2.26. The standard InChI is InChI=1S/C21H17N3O4/c22-12-13-4-8-15(9-5-13)28-16-10-6-14(7-11-16)17-2-1-3-18(24-17)19(25)20(26)21(23)27/h1-11,19-20,25-26H,(H2,23,27)/t19-,20?/m0/s1. The van der Waals surface area contributed by atoms with E-state index in [1.165, 1.54) is 6.07 Å². The van der Waals surface area contributed by atoms with Gasteiger partial charge in [0.05, 0.1) is 23.0 Å². The summed E-state index contributed by atoms with van der Waals surface area (Å²) in [5.41, 5.74) is 7.02. The monoisotopic (exact) mass is 375 g/mol. The number of amides is 1. The van der Waals surface area contributed by atoms with Crippen LogP contribution >= 0.6 is 0 Å². The van der Waals surface area contributed by atoms with Crippen LogP contribution < -0.4 is 10.5 Å². The smallest absolute Gasteiger partial charge is 0.249 e. The molecule has 1 aromatic heterocycles. The quantitative estimate of drug-likeness (QED) is 0.606. The van der Waals surface area contributed by atoms with E-state index in [0.29, 0.717) is 22.8 Å². The summed E-state index contributed by atoms with van der Waals surface area (Å²) in [5.74, 6) is 0.188. The second-order valence-electron chi connectivity index (χ2n) is 6.00. The van der Waals surface area contributed by atoms with Gasteiger partial charge >= 0.3 is 0 Å². The molecule has 1 unspecified atom stereocenters. The SMILES string of the molecule is N#Cc1ccc(Oc2ccc(-c3cccc([C@H](O)C(O)C(N)=O)n3)cc2)cc1. The van der Waals surface area contributed by atoms with Gasteiger partial charge in [0.25, 0.3) is 0 Å². The average molecular weight is 375 g/mol. The lowest BCUT2D eigenvalue weighted by atomic mass is 10.1. The Morgan fingerprint density at radius 3 is 2.18 bits per heavy atom. The third-order valence-electron chi connectivity index (χ3n) is 4.03. The molecule has 0 aliphatic heterocycles. The van der Waals surface area contributed by atoms with Crippen molar-refractivity contribution in [3.63, 3.8) is 0 Å². The van der Waals surface area contributed by atoms with Crippen molar-refractivity contribution in [3.8, 4) is 28.8 Å². The van der Waals surface area contributed by atoms with Crippen LogP contribution in [0.1, 0.15) is 17.4 Å². The Kier molecular flexibility index (Phi) is 5.65. The van der Waals surface area contributed by atoms with Crippen molar-refractivity contribution < 1.29 is 19.7 Å². The summed E-state index contributed by atoms with van der Waals surface area (Å²) in [6.07, 6.45) is -3.23. The Balaban J connectivity index is 1.77. The Morgan fingerprint density at radius 2 is 1.61 bits per heavy atom. The third kappa shape index (κ3) is 4.32. The number of aliphatic hydroxyl groups excluding tert-OH is 2. The summed E-state index contributed by atoms with van der Waals surface area (Å²) in [5, 5.41) is 28.5. The normalized spacial score (nSPS) is 12.6. The molecule has 140 valence electrons. The van der Waals surface area contributed by atoms with E-state index in [-0.39, 0.29) is 5.69 Å². The predicted molar refractivity (Wildman–Crippen MR) is 101 cm³/mol. The zero-order valence-electron chi connectivity index (χ0n) is 14.7. The number of nitrogens with two attached hydrogens (primary N) is 1. The van der Waals surface area contributed by atoms with E-state index in [2.05, 4.69) is 4.98 Å². The molecule has 7 heteroatoms. The molecule has 2 aromatic carbocycles. The number of rotatable bonds is 6. The van der Waals surface area contributed by atoms with Gasteiger partial charge in [-0.2, -0.15) is 5.26 Å². The van der Waals surface area contributed by atoms with Crippen LogP contribution in [0.3, 0.4) is 0 Å². The fraction of sp³-hybridized carbons (Fsp3) is 0.0952. The molecule has 2 atom stereocenters. The molecule has 7 nitrogen and oxygen atoms in total. The van der Waals surface area contributed by atoms with Crippen LogP contribution in [0.25, 0.3) is 11.3 Å². The predicted octanol–water partition coefficient (Wildman–Crippen LogP) is 2.29. The minimum absolute atomic E-state index is 0.140. The molecule has 0 aliphatic carbocycles. The molecule has 0 spiro atoms. The van der Waals surface area contributed by atoms with Crippen LogP contribution in [-0.2, 0) is 4.79 Å². The van der Waals surface area contributed by atoms with Gasteiger partial charge < -0.3 is 20.7 Å². The van der Waals surface area contributed by atoms with Crippen LogP contribution in [0.4, 0.5) is 0 Å². The van der Waals surface area contributed by atoms with Gasteiger partial charge in [0.2, 0.25) is 5.91 Å². The Hall–Kier alpha value is -3.73. The van der Waals surface area contributed by atoms with Crippen molar-refractivity contribution in [2.45, 2.75) is 12.2 Å².